The van der Waals surface area contributed by atoms with Gasteiger partial charge in [0.1, 0.15) is 0 Å². The van der Waals surface area contributed by atoms with Gasteiger partial charge in [-0.2, -0.15) is 0 Å². The highest BCUT2D eigenvalue weighted by Gasteiger charge is 2.50. The lowest BCUT2D eigenvalue weighted by Gasteiger charge is -2.22. The molecule has 3 amide bonds. The van der Waals surface area contributed by atoms with Gasteiger partial charge in [0.2, 0.25) is 11.8 Å². The third kappa shape index (κ3) is 4.44. The first-order valence-corrected chi connectivity index (χ1v) is 11.1. The van der Waals surface area contributed by atoms with Crippen molar-refractivity contribution in [2.45, 2.75) is 26.7 Å². The Morgan fingerprint density at radius 2 is 1.79 bits per heavy atom. The van der Waals surface area contributed by atoms with E-state index in [0.717, 1.165) is 12.0 Å². The highest BCUT2D eigenvalue weighted by molar-refractivity contribution is 6.22. The van der Waals surface area contributed by atoms with E-state index in [1.807, 2.05) is 44.2 Å². The Kier molecular flexibility index (Phi) is 6.40. The Labute approximate surface area is 192 Å². The van der Waals surface area contributed by atoms with Gasteiger partial charge in [-0.1, -0.05) is 44.2 Å². The lowest BCUT2D eigenvalue weighted by Crippen LogP contribution is -2.31. The molecule has 2 aromatic carbocycles. The van der Waals surface area contributed by atoms with Crippen LogP contribution in [0.3, 0.4) is 0 Å². The largest absolute Gasteiger partial charge is 0.452 e. The zero-order chi connectivity index (χ0) is 23.5. The number of anilines is 2. The summed E-state index contributed by atoms with van der Waals surface area (Å²) in [6, 6.07) is 13.5. The van der Waals surface area contributed by atoms with Crippen LogP contribution < -0.4 is 10.2 Å². The van der Waals surface area contributed by atoms with Crippen LogP contribution in [-0.2, 0) is 25.5 Å². The third-order valence-corrected chi connectivity index (χ3v) is 6.24. The van der Waals surface area contributed by atoms with E-state index in [2.05, 4.69) is 5.32 Å². The van der Waals surface area contributed by atoms with E-state index in [0.29, 0.717) is 17.8 Å². The summed E-state index contributed by atoms with van der Waals surface area (Å²) in [5.41, 5.74) is 2.34. The summed E-state index contributed by atoms with van der Waals surface area (Å²) in [6.07, 6.45) is 5.26. The first-order chi connectivity index (χ1) is 15.9. The van der Waals surface area contributed by atoms with Crippen LogP contribution >= 0.6 is 0 Å². The van der Waals surface area contributed by atoms with Gasteiger partial charge in [-0.25, -0.2) is 4.79 Å². The van der Waals surface area contributed by atoms with Gasteiger partial charge in [-0.15, -0.1) is 0 Å². The van der Waals surface area contributed by atoms with Crippen molar-refractivity contribution in [1.82, 2.24) is 0 Å². The SMILES string of the molecule is CCc1ccccc1NC(=O)COC(=O)c1ccc(N2C(=O)[C@H]3[C@H](C)C=CC[C@H]3C2=O)cc1. The zero-order valence-corrected chi connectivity index (χ0v) is 18.6. The number of amides is 3. The van der Waals surface area contributed by atoms with Crippen LogP contribution in [-0.4, -0.2) is 30.3 Å². The van der Waals surface area contributed by atoms with Gasteiger partial charge in [0.05, 0.1) is 23.1 Å². The monoisotopic (exact) mass is 446 g/mol. The lowest BCUT2D eigenvalue weighted by molar-refractivity contribution is -0.123. The van der Waals surface area contributed by atoms with Gasteiger partial charge in [-0.05, 0) is 54.7 Å². The fourth-order valence-electron chi connectivity index (χ4n) is 4.50. The van der Waals surface area contributed by atoms with Crippen LogP contribution in [0.4, 0.5) is 11.4 Å². The van der Waals surface area contributed by atoms with Crippen molar-refractivity contribution in [3.63, 3.8) is 0 Å². The van der Waals surface area contributed by atoms with E-state index < -0.39 is 18.5 Å². The van der Waals surface area contributed by atoms with Crippen molar-refractivity contribution in [1.29, 1.82) is 0 Å². The van der Waals surface area contributed by atoms with Crippen LogP contribution in [0, 0.1) is 17.8 Å². The minimum Gasteiger partial charge on any atom is -0.452 e. The van der Waals surface area contributed by atoms with E-state index in [1.165, 1.54) is 17.0 Å². The number of fused-ring (bicyclic) bond motifs is 1. The molecular weight excluding hydrogens is 420 g/mol. The number of imide groups is 1. The second kappa shape index (κ2) is 9.40. The van der Waals surface area contributed by atoms with Crippen LogP contribution in [0.5, 0.6) is 0 Å². The van der Waals surface area contributed by atoms with Crippen LogP contribution in [0.25, 0.3) is 0 Å². The lowest BCUT2D eigenvalue weighted by atomic mass is 9.78. The molecule has 1 fully saturated rings. The smallest absolute Gasteiger partial charge is 0.338 e. The van der Waals surface area contributed by atoms with E-state index >= 15 is 0 Å². The maximum absolute atomic E-state index is 12.9. The zero-order valence-electron chi connectivity index (χ0n) is 18.6. The molecule has 0 unspecified atom stereocenters. The number of allylic oxidation sites excluding steroid dienone is 2. The van der Waals surface area contributed by atoms with Gasteiger partial charge >= 0.3 is 5.97 Å². The fraction of sp³-hybridized carbons (Fsp3) is 0.308. The molecule has 0 aromatic heterocycles. The first-order valence-electron chi connectivity index (χ1n) is 11.1. The van der Waals surface area contributed by atoms with Crippen molar-refractivity contribution in [3.05, 3.63) is 71.8 Å². The topological polar surface area (TPSA) is 92.8 Å². The van der Waals surface area contributed by atoms with E-state index in [9.17, 15) is 19.2 Å². The quantitative estimate of drug-likeness (QED) is 0.415. The molecule has 3 atom stereocenters. The number of ether oxygens (including phenoxy) is 1. The molecule has 0 saturated carbocycles. The summed E-state index contributed by atoms with van der Waals surface area (Å²) in [6.45, 7) is 3.51. The second-order valence-electron chi connectivity index (χ2n) is 8.35. The molecule has 2 aromatic rings. The molecule has 1 N–H and O–H groups in total. The molecule has 1 aliphatic carbocycles. The third-order valence-electron chi connectivity index (χ3n) is 6.24. The predicted octanol–water partition coefficient (Wildman–Crippen LogP) is 3.75. The Hall–Kier alpha value is -3.74. The number of rotatable bonds is 6. The van der Waals surface area contributed by atoms with Crippen LogP contribution in [0.15, 0.2) is 60.7 Å². The van der Waals surface area contributed by atoms with Gasteiger partial charge in [0.25, 0.3) is 5.91 Å². The Morgan fingerprint density at radius 1 is 1.06 bits per heavy atom. The molecule has 7 heteroatoms. The Balaban J connectivity index is 1.37. The molecule has 0 spiro atoms. The number of benzene rings is 2. The molecule has 4 rings (SSSR count). The maximum atomic E-state index is 12.9. The molecule has 0 bridgehead atoms. The molecule has 170 valence electrons. The van der Waals surface area contributed by atoms with Gasteiger partial charge < -0.3 is 10.1 Å². The second-order valence-corrected chi connectivity index (χ2v) is 8.35. The predicted molar refractivity (Wildman–Crippen MR) is 124 cm³/mol. The van der Waals surface area contributed by atoms with Crippen LogP contribution in [0.1, 0.15) is 36.2 Å². The summed E-state index contributed by atoms with van der Waals surface area (Å²) in [7, 11) is 0. The number of esters is 1. The average molecular weight is 447 g/mol. The molecule has 1 heterocycles. The number of carbonyl (C=O) groups excluding carboxylic acids is 4. The maximum Gasteiger partial charge on any atom is 0.338 e. The van der Waals surface area contributed by atoms with Crippen molar-refractivity contribution < 1.29 is 23.9 Å². The molecular formula is C26H26N2O5. The number of hydrogen-bond donors (Lipinski definition) is 1. The molecule has 1 saturated heterocycles. The minimum absolute atomic E-state index is 0.00916. The standard InChI is InChI=1S/C26H26N2O5/c1-3-17-8-4-5-10-21(17)27-22(29)15-33-26(32)18-11-13-19(14-12-18)28-24(30)20-9-6-7-16(2)23(20)25(28)31/h4-8,10-14,16,20,23H,3,9,15H2,1-2H3,(H,27,29)/t16-,20-,23+/m1/s1. The summed E-state index contributed by atoms with van der Waals surface area (Å²) in [5, 5.41) is 2.75. The summed E-state index contributed by atoms with van der Waals surface area (Å²) in [4.78, 5) is 51.5. The minimum atomic E-state index is -0.661. The number of aryl methyl sites for hydroxylation is 1. The number of para-hydroxylation sites is 1. The number of nitrogens with one attached hydrogen (secondary N) is 1. The Bertz CT molecular complexity index is 1120. The summed E-state index contributed by atoms with van der Waals surface area (Å²) >= 11 is 0. The highest BCUT2D eigenvalue weighted by atomic mass is 16.5. The average Bonchev–Trinajstić information content (AvgIpc) is 3.08. The normalized spacial score (nSPS) is 21.6. The molecule has 0 radical (unpaired) electrons. The molecule has 2 aliphatic rings. The van der Waals surface area contributed by atoms with Crippen molar-refractivity contribution in [2.75, 3.05) is 16.8 Å². The van der Waals surface area contributed by atoms with Gasteiger partial charge in [-0.3, -0.25) is 19.3 Å². The van der Waals surface area contributed by atoms with Crippen LogP contribution in [0.2, 0.25) is 0 Å². The number of carbonyl (C=O) groups is 4. The summed E-state index contributed by atoms with van der Waals surface area (Å²) < 4.78 is 5.13. The van der Waals surface area contributed by atoms with Gasteiger partial charge in [0.15, 0.2) is 6.61 Å². The summed E-state index contributed by atoms with van der Waals surface area (Å²) in [5.74, 6) is -2.18. The van der Waals surface area contributed by atoms with E-state index in [-0.39, 0.29) is 35.1 Å². The number of nitrogens with zero attached hydrogens (tertiary/aromatic N) is 1. The highest BCUT2D eigenvalue weighted by Crippen LogP contribution is 2.40. The first kappa shape index (κ1) is 22.5. The van der Waals surface area contributed by atoms with Crippen molar-refractivity contribution >= 4 is 35.1 Å². The molecule has 7 nitrogen and oxygen atoms in total. The molecule has 33 heavy (non-hydrogen) atoms. The Morgan fingerprint density at radius 3 is 2.48 bits per heavy atom. The van der Waals surface area contributed by atoms with Crippen molar-refractivity contribution in [2.24, 2.45) is 17.8 Å². The fourth-order valence-corrected chi connectivity index (χ4v) is 4.50. The van der Waals surface area contributed by atoms with Crippen molar-refractivity contribution in [3.8, 4) is 0 Å². The number of hydrogen-bond acceptors (Lipinski definition) is 5. The molecule has 1 aliphatic heterocycles. The van der Waals surface area contributed by atoms with Gasteiger partial charge in [0, 0.05) is 5.69 Å². The van der Waals surface area contributed by atoms with E-state index in [1.54, 1.807) is 18.2 Å². The van der Waals surface area contributed by atoms with E-state index in [4.69, 9.17) is 4.74 Å².